The molecular weight excluding hydrogens is 232 g/mol. The third-order valence-corrected chi connectivity index (χ3v) is 3.52. The molecule has 100 valence electrons. The summed E-state index contributed by atoms with van der Waals surface area (Å²) in [4.78, 5) is 0. The molecule has 0 saturated carbocycles. The van der Waals surface area contributed by atoms with Crippen LogP contribution in [0.25, 0.3) is 11.1 Å². The first-order chi connectivity index (χ1) is 9.02. The fraction of sp³-hybridized carbons (Fsp3) is 0.333. The first-order valence-corrected chi connectivity index (χ1v) is 6.93. The van der Waals surface area contributed by atoms with Gasteiger partial charge in [-0.2, -0.15) is 0 Å². The Bertz CT molecular complexity index is 553. The van der Waals surface area contributed by atoms with Crippen LogP contribution in [0.4, 0.5) is 0 Å². The zero-order valence-corrected chi connectivity index (χ0v) is 12.1. The molecule has 0 fully saturated rings. The lowest BCUT2D eigenvalue weighted by Crippen LogP contribution is -2.01. The largest absolute Gasteiger partial charge is 0.507 e. The molecule has 0 aliphatic rings. The predicted octanol–water partition coefficient (Wildman–Crippen LogP) is 5.31. The highest BCUT2D eigenvalue weighted by Crippen LogP contribution is 2.40. The van der Waals surface area contributed by atoms with E-state index in [1.54, 1.807) is 0 Å². The average molecular weight is 254 g/mol. The summed E-state index contributed by atoms with van der Waals surface area (Å²) < 4.78 is 0. The van der Waals surface area contributed by atoms with Gasteiger partial charge in [0.25, 0.3) is 0 Å². The Morgan fingerprint density at radius 1 is 0.789 bits per heavy atom. The van der Waals surface area contributed by atoms with Gasteiger partial charge < -0.3 is 5.11 Å². The van der Waals surface area contributed by atoms with E-state index in [1.165, 1.54) is 11.1 Å². The van der Waals surface area contributed by atoms with Gasteiger partial charge in [0, 0.05) is 5.56 Å². The van der Waals surface area contributed by atoms with E-state index in [1.807, 2.05) is 24.3 Å². The minimum absolute atomic E-state index is 0.374. The Kier molecular flexibility index (Phi) is 3.94. The van der Waals surface area contributed by atoms with Crippen molar-refractivity contribution < 1.29 is 5.11 Å². The van der Waals surface area contributed by atoms with Crippen molar-refractivity contribution in [3.8, 4) is 16.9 Å². The maximum Gasteiger partial charge on any atom is 0.123 e. The van der Waals surface area contributed by atoms with Crippen molar-refractivity contribution in [1.29, 1.82) is 0 Å². The van der Waals surface area contributed by atoms with Gasteiger partial charge in [0.15, 0.2) is 0 Å². The summed E-state index contributed by atoms with van der Waals surface area (Å²) >= 11 is 0. The highest BCUT2D eigenvalue weighted by Gasteiger charge is 2.18. The van der Waals surface area contributed by atoms with Crippen molar-refractivity contribution >= 4 is 0 Å². The van der Waals surface area contributed by atoms with Crippen LogP contribution in [-0.4, -0.2) is 5.11 Å². The number of aromatic hydroxyl groups is 1. The molecule has 0 unspecified atom stereocenters. The van der Waals surface area contributed by atoms with E-state index in [4.69, 9.17) is 0 Å². The van der Waals surface area contributed by atoms with Crippen molar-refractivity contribution in [3.63, 3.8) is 0 Å². The molecule has 0 amide bonds. The molecule has 0 aliphatic heterocycles. The molecule has 2 aromatic carbocycles. The second-order valence-electron chi connectivity index (χ2n) is 5.64. The summed E-state index contributed by atoms with van der Waals surface area (Å²) in [7, 11) is 0. The SMILES string of the molecule is CC(C)c1ccc(O)c(-c2ccccc2)c1C(C)C. The first kappa shape index (κ1) is 13.7. The van der Waals surface area contributed by atoms with E-state index >= 15 is 0 Å². The number of phenolic OH excluding ortho intramolecular Hbond substituents is 1. The van der Waals surface area contributed by atoms with Gasteiger partial charge >= 0.3 is 0 Å². The van der Waals surface area contributed by atoms with E-state index in [9.17, 15) is 5.11 Å². The summed E-state index contributed by atoms with van der Waals surface area (Å²) in [6.07, 6.45) is 0. The second kappa shape index (κ2) is 5.48. The maximum atomic E-state index is 10.3. The normalized spacial score (nSPS) is 11.3. The van der Waals surface area contributed by atoms with Crippen LogP contribution in [0.2, 0.25) is 0 Å². The molecule has 0 aliphatic carbocycles. The zero-order valence-electron chi connectivity index (χ0n) is 12.1. The Labute approximate surface area is 115 Å². The van der Waals surface area contributed by atoms with Gasteiger partial charge in [0.1, 0.15) is 5.75 Å². The molecule has 1 nitrogen and oxygen atoms in total. The quantitative estimate of drug-likeness (QED) is 0.787. The highest BCUT2D eigenvalue weighted by molar-refractivity contribution is 5.75. The fourth-order valence-electron chi connectivity index (χ4n) is 2.66. The van der Waals surface area contributed by atoms with Crippen molar-refractivity contribution in [2.45, 2.75) is 39.5 Å². The van der Waals surface area contributed by atoms with Crippen LogP contribution in [0.3, 0.4) is 0 Å². The van der Waals surface area contributed by atoms with Gasteiger partial charge in [0.2, 0.25) is 0 Å². The van der Waals surface area contributed by atoms with Crippen LogP contribution in [0.5, 0.6) is 5.75 Å². The fourth-order valence-corrected chi connectivity index (χ4v) is 2.66. The molecular formula is C18H22O. The Morgan fingerprint density at radius 3 is 1.95 bits per heavy atom. The smallest absolute Gasteiger partial charge is 0.123 e. The lowest BCUT2D eigenvalue weighted by molar-refractivity contribution is 0.475. The second-order valence-corrected chi connectivity index (χ2v) is 5.64. The number of phenols is 1. The van der Waals surface area contributed by atoms with E-state index < -0.39 is 0 Å². The van der Waals surface area contributed by atoms with Gasteiger partial charge in [-0.3, -0.25) is 0 Å². The number of hydrogen-bond donors (Lipinski definition) is 1. The van der Waals surface area contributed by atoms with E-state index in [-0.39, 0.29) is 0 Å². The van der Waals surface area contributed by atoms with Gasteiger partial charge in [-0.1, -0.05) is 64.1 Å². The molecule has 0 radical (unpaired) electrons. The third kappa shape index (κ3) is 2.65. The standard InChI is InChI=1S/C18H22O/c1-12(2)15-10-11-16(19)18(17(15)13(3)4)14-8-6-5-7-9-14/h5-13,19H,1-4H3. The Morgan fingerprint density at radius 2 is 1.42 bits per heavy atom. The molecule has 1 N–H and O–H groups in total. The minimum atomic E-state index is 0.374. The molecule has 2 aromatic rings. The number of rotatable bonds is 3. The average Bonchev–Trinajstić information content (AvgIpc) is 2.38. The molecule has 2 rings (SSSR count). The van der Waals surface area contributed by atoms with Crippen LogP contribution >= 0.6 is 0 Å². The molecule has 0 spiro atoms. The van der Waals surface area contributed by atoms with Gasteiger partial charge in [-0.25, -0.2) is 0 Å². The van der Waals surface area contributed by atoms with Crippen LogP contribution in [0.1, 0.15) is 50.7 Å². The van der Waals surface area contributed by atoms with E-state index in [0.29, 0.717) is 17.6 Å². The Balaban J connectivity index is 2.75. The molecule has 1 heteroatoms. The summed E-state index contributed by atoms with van der Waals surface area (Å²) in [6.45, 7) is 8.78. The number of hydrogen-bond acceptors (Lipinski definition) is 1. The maximum absolute atomic E-state index is 10.3. The van der Waals surface area contributed by atoms with E-state index in [2.05, 4.69) is 45.9 Å². The van der Waals surface area contributed by atoms with Crippen LogP contribution in [0.15, 0.2) is 42.5 Å². The highest BCUT2D eigenvalue weighted by atomic mass is 16.3. The molecule has 0 bridgehead atoms. The third-order valence-electron chi connectivity index (χ3n) is 3.52. The topological polar surface area (TPSA) is 20.2 Å². The van der Waals surface area contributed by atoms with Gasteiger partial charge in [0.05, 0.1) is 0 Å². The summed E-state index contributed by atoms with van der Waals surface area (Å²) in [5.74, 6) is 1.22. The molecule has 0 heterocycles. The Hall–Kier alpha value is -1.76. The van der Waals surface area contributed by atoms with Gasteiger partial charge in [-0.15, -0.1) is 0 Å². The number of benzene rings is 2. The van der Waals surface area contributed by atoms with Crippen molar-refractivity contribution in [3.05, 3.63) is 53.6 Å². The van der Waals surface area contributed by atoms with Gasteiger partial charge in [-0.05, 0) is 34.6 Å². The molecule has 0 aromatic heterocycles. The van der Waals surface area contributed by atoms with Crippen LogP contribution in [0, 0.1) is 0 Å². The van der Waals surface area contributed by atoms with Crippen molar-refractivity contribution in [2.75, 3.05) is 0 Å². The molecule has 0 saturated heterocycles. The lowest BCUT2D eigenvalue weighted by atomic mass is 9.84. The summed E-state index contributed by atoms with van der Waals surface area (Å²) in [5, 5.41) is 10.3. The summed E-state index contributed by atoms with van der Waals surface area (Å²) in [6, 6.07) is 14.0. The zero-order chi connectivity index (χ0) is 14.0. The van der Waals surface area contributed by atoms with Crippen molar-refractivity contribution in [2.24, 2.45) is 0 Å². The minimum Gasteiger partial charge on any atom is -0.507 e. The lowest BCUT2D eigenvalue weighted by Gasteiger charge is -2.21. The van der Waals surface area contributed by atoms with E-state index in [0.717, 1.165) is 11.1 Å². The summed E-state index contributed by atoms with van der Waals surface area (Å²) in [5.41, 5.74) is 4.67. The predicted molar refractivity (Wildman–Crippen MR) is 81.7 cm³/mol. The van der Waals surface area contributed by atoms with Crippen molar-refractivity contribution in [1.82, 2.24) is 0 Å². The monoisotopic (exact) mass is 254 g/mol. The molecule has 0 atom stereocenters. The first-order valence-electron chi connectivity index (χ1n) is 6.93. The molecule has 19 heavy (non-hydrogen) atoms. The van der Waals surface area contributed by atoms with Crippen LogP contribution in [-0.2, 0) is 0 Å². The van der Waals surface area contributed by atoms with Crippen LogP contribution < -0.4 is 0 Å².